The average molecular weight is 646 g/mol. The van der Waals surface area contributed by atoms with Crippen molar-refractivity contribution in [2.75, 3.05) is 22.6 Å². The third-order valence-electron chi connectivity index (χ3n) is 6.29. The largest absolute Gasteiger partial charge is 0.493 e. The molecule has 0 fully saturated rings. The highest BCUT2D eigenvalue weighted by atomic mass is 79.9. The van der Waals surface area contributed by atoms with E-state index in [1.165, 1.54) is 0 Å². The van der Waals surface area contributed by atoms with Crippen LogP contribution in [0.2, 0.25) is 0 Å². The maximum Gasteiger partial charge on any atom is 0.261 e. The van der Waals surface area contributed by atoms with E-state index in [4.69, 9.17) is 17.0 Å². The van der Waals surface area contributed by atoms with Gasteiger partial charge < -0.3 is 20.7 Å². The molecule has 0 atom stereocenters. The first-order valence-electron chi connectivity index (χ1n) is 13.8. The molecule has 42 heavy (non-hydrogen) atoms. The summed E-state index contributed by atoms with van der Waals surface area (Å²) in [5.41, 5.74) is 3.71. The quantitative estimate of drug-likeness (QED) is 0.0912. The van der Waals surface area contributed by atoms with Crippen LogP contribution < -0.4 is 26.0 Å². The number of benzene rings is 4. The van der Waals surface area contributed by atoms with Crippen molar-refractivity contribution in [2.45, 2.75) is 32.6 Å². The zero-order chi connectivity index (χ0) is 29.7. The summed E-state index contributed by atoms with van der Waals surface area (Å²) in [6, 6.07) is 29.5. The number of unbranched alkanes of at least 4 members (excludes halogenated alkanes) is 3. The SMILES string of the molecule is CCCCCCOc1ccc(Br)cc1C(=O)NC(=S)Nc1ccccc1C(=O)Nc1ccc(Nc2ccccc2)cc1. The van der Waals surface area contributed by atoms with E-state index in [0.717, 1.165) is 41.5 Å². The first-order valence-corrected chi connectivity index (χ1v) is 15.0. The molecule has 0 aromatic heterocycles. The molecule has 4 aromatic carbocycles. The van der Waals surface area contributed by atoms with Gasteiger partial charge in [-0.05, 0) is 85.4 Å². The molecule has 0 spiro atoms. The number of hydrogen-bond donors (Lipinski definition) is 4. The Labute approximate surface area is 260 Å². The second kappa shape index (κ2) is 15.7. The van der Waals surface area contributed by atoms with Crippen LogP contribution in [0.25, 0.3) is 0 Å². The number of halogens is 1. The molecule has 4 N–H and O–H groups in total. The Morgan fingerprint density at radius 3 is 2.19 bits per heavy atom. The van der Waals surface area contributed by atoms with Gasteiger partial charge in [0.25, 0.3) is 11.8 Å². The zero-order valence-electron chi connectivity index (χ0n) is 23.3. The lowest BCUT2D eigenvalue weighted by molar-refractivity contribution is 0.0972. The van der Waals surface area contributed by atoms with Crippen molar-refractivity contribution in [3.63, 3.8) is 0 Å². The fraction of sp³-hybridized carbons (Fsp3) is 0.182. The highest BCUT2D eigenvalue weighted by molar-refractivity contribution is 9.10. The van der Waals surface area contributed by atoms with Crippen molar-refractivity contribution in [3.8, 4) is 5.75 Å². The smallest absolute Gasteiger partial charge is 0.261 e. The Hall–Kier alpha value is -4.21. The Morgan fingerprint density at radius 1 is 0.738 bits per heavy atom. The molecule has 4 rings (SSSR count). The minimum absolute atomic E-state index is 0.0606. The maximum absolute atomic E-state index is 13.2. The molecule has 9 heteroatoms. The number of ether oxygens (including phenoxy) is 1. The number of thiocarbonyl (C=S) groups is 1. The summed E-state index contributed by atoms with van der Waals surface area (Å²) >= 11 is 8.86. The van der Waals surface area contributed by atoms with Gasteiger partial charge in [0.2, 0.25) is 0 Å². The van der Waals surface area contributed by atoms with Crippen LogP contribution in [0.1, 0.15) is 53.3 Å². The molecule has 0 bridgehead atoms. The topological polar surface area (TPSA) is 91.5 Å². The van der Waals surface area contributed by atoms with Gasteiger partial charge in [-0.2, -0.15) is 0 Å². The molecular weight excluding hydrogens is 612 g/mol. The van der Waals surface area contributed by atoms with Gasteiger partial charge in [-0.25, -0.2) is 0 Å². The highest BCUT2D eigenvalue weighted by Crippen LogP contribution is 2.25. The van der Waals surface area contributed by atoms with Crippen LogP contribution in [0.3, 0.4) is 0 Å². The van der Waals surface area contributed by atoms with E-state index in [1.54, 1.807) is 36.4 Å². The number of para-hydroxylation sites is 2. The predicted octanol–water partition coefficient (Wildman–Crippen LogP) is 8.53. The van der Waals surface area contributed by atoms with Crippen molar-refractivity contribution in [1.29, 1.82) is 0 Å². The van der Waals surface area contributed by atoms with Crippen LogP contribution in [-0.2, 0) is 0 Å². The van der Waals surface area contributed by atoms with Crippen LogP contribution in [0.15, 0.2) is 102 Å². The summed E-state index contributed by atoms with van der Waals surface area (Å²) in [6.07, 6.45) is 4.28. The number of nitrogens with one attached hydrogen (secondary N) is 4. The lowest BCUT2D eigenvalue weighted by atomic mass is 10.1. The van der Waals surface area contributed by atoms with E-state index in [-0.39, 0.29) is 11.0 Å². The van der Waals surface area contributed by atoms with Crippen LogP contribution in [0.4, 0.5) is 22.7 Å². The lowest BCUT2D eigenvalue weighted by Gasteiger charge is -2.15. The molecule has 0 aliphatic heterocycles. The van der Waals surface area contributed by atoms with Gasteiger partial charge in [-0.15, -0.1) is 0 Å². The standard InChI is InChI=1S/C33H33BrN4O3S/c1-2-3-4-10-21-41-30-20-15-23(34)22-28(30)32(40)38-33(42)37-29-14-9-8-13-27(29)31(39)36-26-18-16-25(17-19-26)35-24-11-6-5-7-12-24/h5-9,11-20,22,35H,2-4,10,21H2,1H3,(H,36,39)(H2,37,38,40,42). The Bertz CT molecular complexity index is 1510. The van der Waals surface area contributed by atoms with Crippen LogP contribution >= 0.6 is 28.1 Å². The van der Waals surface area contributed by atoms with Crippen molar-refractivity contribution in [1.82, 2.24) is 5.32 Å². The van der Waals surface area contributed by atoms with Gasteiger partial charge in [0.15, 0.2) is 5.11 Å². The molecule has 216 valence electrons. The molecule has 7 nitrogen and oxygen atoms in total. The van der Waals surface area contributed by atoms with Gasteiger partial charge in [0.1, 0.15) is 5.75 Å². The van der Waals surface area contributed by atoms with E-state index in [0.29, 0.717) is 34.9 Å². The summed E-state index contributed by atoms with van der Waals surface area (Å²) in [6.45, 7) is 2.68. The minimum Gasteiger partial charge on any atom is -0.493 e. The first kappa shape index (κ1) is 30.7. The summed E-state index contributed by atoms with van der Waals surface area (Å²) in [7, 11) is 0. The van der Waals surface area contributed by atoms with E-state index in [9.17, 15) is 9.59 Å². The first-order chi connectivity index (χ1) is 20.4. The maximum atomic E-state index is 13.2. The van der Waals surface area contributed by atoms with E-state index in [2.05, 4.69) is 44.1 Å². The molecule has 0 unspecified atom stereocenters. The van der Waals surface area contributed by atoms with Crippen molar-refractivity contribution in [2.24, 2.45) is 0 Å². The molecule has 0 heterocycles. The molecule has 0 aliphatic rings. The van der Waals surface area contributed by atoms with Gasteiger partial charge in [0, 0.05) is 21.5 Å². The fourth-order valence-electron chi connectivity index (χ4n) is 4.15. The molecule has 2 amide bonds. The van der Waals surface area contributed by atoms with E-state index < -0.39 is 5.91 Å². The zero-order valence-corrected chi connectivity index (χ0v) is 25.7. The molecule has 0 saturated carbocycles. The Balaban J connectivity index is 1.37. The minimum atomic E-state index is -0.413. The predicted molar refractivity (Wildman–Crippen MR) is 178 cm³/mol. The second-order valence-electron chi connectivity index (χ2n) is 9.53. The summed E-state index contributed by atoms with van der Waals surface area (Å²) in [5.74, 6) is -0.245. The number of carbonyl (C=O) groups excluding carboxylic acids is 2. The molecule has 0 radical (unpaired) electrons. The molecule has 4 aromatic rings. The van der Waals surface area contributed by atoms with Gasteiger partial charge >= 0.3 is 0 Å². The number of amides is 2. The second-order valence-corrected chi connectivity index (χ2v) is 10.8. The van der Waals surface area contributed by atoms with E-state index >= 15 is 0 Å². The molecule has 0 aliphatic carbocycles. The van der Waals surface area contributed by atoms with Crippen LogP contribution in [-0.4, -0.2) is 23.5 Å². The number of hydrogen-bond acceptors (Lipinski definition) is 5. The Morgan fingerprint density at radius 2 is 1.43 bits per heavy atom. The van der Waals surface area contributed by atoms with Crippen molar-refractivity contribution >= 4 is 67.8 Å². The fourth-order valence-corrected chi connectivity index (χ4v) is 4.72. The normalized spacial score (nSPS) is 10.4. The molecule has 0 saturated heterocycles. The van der Waals surface area contributed by atoms with Crippen LogP contribution in [0, 0.1) is 0 Å². The van der Waals surface area contributed by atoms with Crippen LogP contribution in [0.5, 0.6) is 5.75 Å². The summed E-state index contributed by atoms with van der Waals surface area (Å²) < 4.78 is 6.65. The summed E-state index contributed by atoms with van der Waals surface area (Å²) in [5, 5.41) is 12.0. The number of anilines is 4. The Kier molecular flexibility index (Phi) is 11.5. The lowest BCUT2D eigenvalue weighted by Crippen LogP contribution is -2.35. The third kappa shape index (κ3) is 9.15. The summed E-state index contributed by atoms with van der Waals surface area (Å²) in [4.78, 5) is 26.3. The molecular formula is C33H33BrN4O3S. The van der Waals surface area contributed by atoms with Crippen molar-refractivity contribution < 1.29 is 14.3 Å². The number of carbonyl (C=O) groups is 2. The highest BCUT2D eigenvalue weighted by Gasteiger charge is 2.17. The van der Waals surface area contributed by atoms with Crippen molar-refractivity contribution in [3.05, 3.63) is 113 Å². The average Bonchev–Trinajstić information content (AvgIpc) is 2.99. The van der Waals surface area contributed by atoms with Gasteiger partial charge in [-0.1, -0.05) is 72.4 Å². The number of rotatable bonds is 12. The third-order valence-corrected chi connectivity index (χ3v) is 6.99. The van der Waals surface area contributed by atoms with E-state index in [1.807, 2.05) is 60.7 Å². The van der Waals surface area contributed by atoms with Gasteiger partial charge in [-0.3, -0.25) is 14.9 Å². The monoisotopic (exact) mass is 644 g/mol. The van der Waals surface area contributed by atoms with Gasteiger partial charge in [0.05, 0.1) is 23.4 Å².